The van der Waals surface area contributed by atoms with E-state index < -0.39 is 72.2 Å². The van der Waals surface area contributed by atoms with Gasteiger partial charge in [0.2, 0.25) is 5.91 Å². The van der Waals surface area contributed by atoms with Gasteiger partial charge in [-0.25, -0.2) is 9.59 Å². The minimum atomic E-state index is -2.40. The number of methoxy groups -OCH3 is 1. The largest absolute Gasteiger partial charge is 0.479 e. The molecule has 0 saturated carbocycles. The summed E-state index contributed by atoms with van der Waals surface area (Å²) in [7, 11) is 1.22. The van der Waals surface area contributed by atoms with E-state index >= 15 is 0 Å². The summed E-state index contributed by atoms with van der Waals surface area (Å²) in [6, 6.07) is -2.53. The number of ether oxygens (including phenoxy) is 1. The van der Waals surface area contributed by atoms with E-state index in [1.807, 2.05) is 0 Å². The first-order chi connectivity index (χ1) is 19.8. The molecule has 0 aromatic heterocycles. The summed E-state index contributed by atoms with van der Waals surface area (Å²) in [6.07, 6.45) is -4.79. The lowest BCUT2D eigenvalue weighted by Crippen LogP contribution is -2.69. The molecule has 1 unspecified atom stereocenters. The molecule has 0 radical (unpaired) electrons. The molecular formula is C25H50N6O11+2. The molecule has 0 aliphatic rings. The fourth-order valence-electron chi connectivity index (χ4n) is 3.88. The summed E-state index contributed by atoms with van der Waals surface area (Å²) in [5, 5.41) is 54.7. The third-order valence-electron chi connectivity index (χ3n) is 6.54. The molecule has 3 amide bonds. The molecule has 0 fully saturated rings. The normalized spacial score (nSPS) is 16.2. The average molecular weight is 611 g/mol. The highest BCUT2D eigenvalue weighted by Gasteiger charge is 2.37. The van der Waals surface area contributed by atoms with E-state index in [2.05, 4.69) is 27.4 Å². The number of unbranched alkanes of at least 4 members (excludes halogenated alkanes) is 3. The van der Waals surface area contributed by atoms with Gasteiger partial charge in [-0.3, -0.25) is 14.4 Å². The molecule has 0 aliphatic carbocycles. The smallest absolute Gasteiger partial charge is 0.335 e. The number of aliphatic hydroxyl groups is 4. The zero-order valence-corrected chi connectivity index (χ0v) is 24.2. The number of hydrogen-bond donors (Lipinski definition) is 11. The van der Waals surface area contributed by atoms with Crippen molar-refractivity contribution in [3.63, 3.8) is 0 Å². The molecule has 0 spiro atoms. The van der Waals surface area contributed by atoms with E-state index in [0.717, 1.165) is 6.42 Å². The third kappa shape index (κ3) is 14.8. The molecule has 0 heterocycles. The van der Waals surface area contributed by atoms with E-state index in [1.54, 1.807) is 0 Å². The Morgan fingerprint density at radius 3 is 1.88 bits per heavy atom. The number of carbonyl (C=O) groups is 5. The van der Waals surface area contributed by atoms with Crippen LogP contribution in [-0.2, 0) is 28.7 Å². The summed E-state index contributed by atoms with van der Waals surface area (Å²) in [6.45, 7) is 1.11. The average Bonchev–Trinajstić information content (AvgIpc) is 2.97. The molecule has 42 heavy (non-hydrogen) atoms. The first kappa shape index (κ1) is 39.1. The number of esters is 1. The van der Waals surface area contributed by atoms with Gasteiger partial charge in [0.15, 0.2) is 18.2 Å². The molecule has 0 aromatic rings. The minimum Gasteiger partial charge on any atom is -0.479 e. The Kier molecular flexibility index (Phi) is 20.2. The Morgan fingerprint density at radius 2 is 1.31 bits per heavy atom. The lowest BCUT2D eigenvalue weighted by molar-refractivity contribution is -0.405. The fraction of sp³-hybridized carbons (Fsp3) is 0.800. The van der Waals surface area contributed by atoms with E-state index in [4.69, 9.17) is 15.6 Å². The van der Waals surface area contributed by atoms with Gasteiger partial charge in [0.1, 0.15) is 24.3 Å². The van der Waals surface area contributed by atoms with Gasteiger partial charge in [-0.05, 0) is 57.9 Å². The van der Waals surface area contributed by atoms with Crippen LogP contribution in [0.4, 0.5) is 0 Å². The molecule has 16 N–H and O–H groups in total. The number of nitrogens with one attached hydrogen (secondary N) is 3. The number of aliphatic carboxylic acids is 1. The highest BCUT2D eigenvalue weighted by molar-refractivity contribution is 5.91. The number of aliphatic hydroxyl groups excluding tert-OH is 4. The van der Waals surface area contributed by atoms with Crippen LogP contribution in [0.5, 0.6) is 0 Å². The predicted octanol–water partition coefficient (Wildman–Crippen LogP) is -5.90. The first-order valence-electron chi connectivity index (χ1n) is 14.1. The fourth-order valence-corrected chi connectivity index (χ4v) is 3.88. The zero-order chi connectivity index (χ0) is 32.2. The Hall–Kier alpha value is -2.93. The van der Waals surface area contributed by atoms with Gasteiger partial charge in [-0.1, -0.05) is 0 Å². The van der Waals surface area contributed by atoms with Gasteiger partial charge in [0.25, 0.3) is 11.8 Å². The van der Waals surface area contributed by atoms with Gasteiger partial charge in [0.05, 0.1) is 13.7 Å². The zero-order valence-electron chi connectivity index (χ0n) is 24.2. The summed E-state index contributed by atoms with van der Waals surface area (Å²) in [4.78, 5) is 60.6. The van der Waals surface area contributed by atoms with Crippen molar-refractivity contribution in [1.82, 2.24) is 16.0 Å². The van der Waals surface area contributed by atoms with Gasteiger partial charge >= 0.3 is 11.9 Å². The van der Waals surface area contributed by atoms with Crippen molar-refractivity contribution in [2.24, 2.45) is 5.73 Å². The maximum atomic E-state index is 13.0. The number of nitrogens with two attached hydrogens (primary N) is 1. The summed E-state index contributed by atoms with van der Waals surface area (Å²) < 4.78 is 4.79. The Bertz CT molecular complexity index is 850. The lowest BCUT2D eigenvalue weighted by atomic mass is 10.0. The number of hydrogen-bond acceptors (Lipinski definition) is 11. The molecule has 0 rings (SSSR count). The number of rotatable bonds is 23. The molecule has 0 aromatic carbocycles. The van der Waals surface area contributed by atoms with Crippen LogP contribution >= 0.6 is 0 Å². The Balaban J connectivity index is 4.86. The van der Waals surface area contributed by atoms with E-state index in [1.165, 1.54) is 7.11 Å². The number of carbonyl (C=O) groups excluding carboxylic acids is 4. The number of quaternary nitrogens is 2. The molecule has 17 heteroatoms. The quantitative estimate of drug-likeness (QED) is 0.0380. The van der Waals surface area contributed by atoms with Crippen molar-refractivity contribution in [2.75, 3.05) is 26.7 Å². The highest BCUT2D eigenvalue weighted by Crippen LogP contribution is 2.08. The van der Waals surface area contributed by atoms with Crippen molar-refractivity contribution in [3.05, 3.63) is 0 Å². The van der Waals surface area contributed by atoms with Crippen LogP contribution in [0, 0.1) is 0 Å². The topological polar surface area (TPSA) is 313 Å². The first-order valence-corrected chi connectivity index (χ1v) is 14.1. The van der Waals surface area contributed by atoms with Gasteiger partial charge in [0, 0.05) is 13.0 Å². The minimum absolute atomic E-state index is 0.0175. The standard InChI is InChI=1S/C25H48N6O11/c1-42-25(41)16(10-3-6-12-27)31-22(37)15(9-2-5-11-26)30-21(36)14(28)8-4-7-13-29-23(38)19(34)17(32)18(33)20(35)24(39)40/h14-20,32-35H,2-13,26-28H2,1H3,(H,29,38)(H,30,36)(H,31,37)(H,39,40)/p+2/t14-,15+,16?,17+,18-,19-,20+/m1/s1. The number of carboxylic acid groups (broad SMARTS) is 1. The predicted molar refractivity (Wildman–Crippen MR) is 146 cm³/mol. The second-order valence-electron chi connectivity index (χ2n) is 9.97. The van der Waals surface area contributed by atoms with Crippen molar-refractivity contribution in [1.29, 1.82) is 0 Å². The van der Waals surface area contributed by atoms with Gasteiger partial charge in [-0.2, -0.15) is 0 Å². The molecule has 0 bridgehead atoms. The van der Waals surface area contributed by atoms with Crippen LogP contribution in [0.1, 0.15) is 57.8 Å². The van der Waals surface area contributed by atoms with Crippen LogP contribution in [0.15, 0.2) is 0 Å². The second kappa shape index (κ2) is 21.7. The molecule has 244 valence electrons. The van der Waals surface area contributed by atoms with Crippen molar-refractivity contribution in [2.45, 2.75) is 100 Å². The monoisotopic (exact) mass is 610 g/mol. The maximum absolute atomic E-state index is 13.0. The molecule has 7 atom stereocenters. The van der Waals surface area contributed by atoms with E-state index in [9.17, 15) is 44.4 Å². The molecule has 0 saturated heterocycles. The van der Waals surface area contributed by atoms with Crippen molar-refractivity contribution in [3.8, 4) is 0 Å². The van der Waals surface area contributed by atoms with Gasteiger partial charge in [-0.15, -0.1) is 0 Å². The number of carboxylic acids is 1. The Labute approximate surface area is 244 Å². The third-order valence-corrected chi connectivity index (χ3v) is 6.54. The number of amides is 3. The van der Waals surface area contributed by atoms with Crippen molar-refractivity contribution < 1.29 is 65.7 Å². The SMILES string of the molecule is COC(=O)C(CCCCN)NC(=O)[C@H](CCCC[NH3+])NC(=O)[C@H]([NH3+])CCCCNC(=O)[C@H](O)[C@@H](O)[C@@H](O)[C@H](O)C(=O)O. The van der Waals surface area contributed by atoms with E-state index in [0.29, 0.717) is 58.0 Å². The summed E-state index contributed by atoms with van der Waals surface area (Å²) >= 11 is 0. The summed E-state index contributed by atoms with van der Waals surface area (Å²) in [5.74, 6) is -4.52. The lowest BCUT2D eigenvalue weighted by Gasteiger charge is -2.24. The molecule has 17 nitrogen and oxygen atoms in total. The van der Waals surface area contributed by atoms with Crippen molar-refractivity contribution >= 4 is 29.7 Å². The van der Waals surface area contributed by atoms with Crippen LogP contribution in [-0.4, -0.2) is 124 Å². The maximum Gasteiger partial charge on any atom is 0.335 e. The van der Waals surface area contributed by atoms with Gasteiger partial charge < -0.3 is 63.4 Å². The highest BCUT2D eigenvalue weighted by atomic mass is 16.5. The van der Waals surface area contributed by atoms with E-state index in [-0.39, 0.29) is 13.0 Å². The molecular weight excluding hydrogens is 560 g/mol. The Morgan fingerprint density at radius 1 is 0.762 bits per heavy atom. The van der Waals surface area contributed by atoms with Crippen LogP contribution in [0.2, 0.25) is 0 Å². The van der Waals surface area contributed by atoms with Crippen LogP contribution < -0.4 is 33.2 Å². The van der Waals surface area contributed by atoms with Crippen LogP contribution in [0.25, 0.3) is 0 Å². The summed E-state index contributed by atoms with van der Waals surface area (Å²) in [5.41, 5.74) is 13.1. The second-order valence-corrected chi connectivity index (χ2v) is 9.97. The molecule has 0 aliphatic heterocycles. The van der Waals surface area contributed by atoms with Crippen LogP contribution in [0.3, 0.4) is 0 Å².